The normalized spacial score (nSPS) is 28.3. The minimum absolute atomic E-state index is 0.0241. The van der Waals surface area contributed by atoms with Crippen LogP contribution in [-0.4, -0.2) is 29.2 Å². The van der Waals surface area contributed by atoms with Crippen molar-refractivity contribution in [2.45, 2.75) is 29.8 Å². The van der Waals surface area contributed by atoms with E-state index in [-0.39, 0.29) is 10.2 Å². The van der Waals surface area contributed by atoms with Crippen molar-refractivity contribution >= 4 is 22.6 Å². The van der Waals surface area contributed by atoms with Crippen LogP contribution in [0.2, 0.25) is 0 Å². The molecule has 0 aliphatic carbocycles. The molecule has 0 radical (unpaired) electrons. The summed E-state index contributed by atoms with van der Waals surface area (Å²) >= 11 is 2.16. The molecule has 1 rings (SSSR count). The fraction of sp³-hybridized carbons (Fsp3) is 0.778. The van der Waals surface area contributed by atoms with E-state index in [0.29, 0.717) is 13.2 Å². The van der Waals surface area contributed by atoms with E-state index in [0.717, 1.165) is 0 Å². The highest BCUT2D eigenvalue weighted by Crippen LogP contribution is 2.27. The summed E-state index contributed by atoms with van der Waals surface area (Å²) in [5, 5.41) is 0. The number of alkyl halides is 1. The summed E-state index contributed by atoms with van der Waals surface area (Å²) in [6, 6.07) is 0. The Morgan fingerprint density at radius 3 is 2.92 bits per heavy atom. The maximum atomic E-state index is 5.58. The molecule has 0 aromatic rings. The lowest BCUT2D eigenvalue weighted by atomic mass is 10.4. The third-order valence-electron chi connectivity index (χ3n) is 1.65. The number of halogens is 1. The van der Waals surface area contributed by atoms with Crippen molar-refractivity contribution in [2.75, 3.05) is 13.2 Å². The van der Waals surface area contributed by atoms with Gasteiger partial charge in [0, 0.05) is 0 Å². The quantitative estimate of drug-likeness (QED) is 0.449. The number of terminal acetylenes is 1. The first kappa shape index (κ1) is 11.2. The van der Waals surface area contributed by atoms with Gasteiger partial charge in [-0.1, -0.05) is 5.92 Å². The van der Waals surface area contributed by atoms with Crippen LogP contribution >= 0.6 is 22.6 Å². The molecule has 1 fully saturated rings. The maximum Gasteiger partial charge on any atom is 0.163 e. The molecule has 13 heavy (non-hydrogen) atoms. The van der Waals surface area contributed by atoms with Crippen molar-refractivity contribution in [3.8, 4) is 12.3 Å². The molecule has 1 aliphatic heterocycles. The molecule has 0 bridgehead atoms. The van der Waals surface area contributed by atoms with Gasteiger partial charge >= 0.3 is 0 Å². The first-order chi connectivity index (χ1) is 6.05. The molecule has 2 unspecified atom stereocenters. The molecule has 3 nitrogen and oxygen atoms in total. The van der Waals surface area contributed by atoms with Gasteiger partial charge in [0.2, 0.25) is 0 Å². The zero-order chi connectivity index (χ0) is 9.90. The van der Waals surface area contributed by atoms with E-state index < -0.39 is 5.79 Å². The zero-order valence-electron chi connectivity index (χ0n) is 7.75. The lowest BCUT2D eigenvalue weighted by molar-refractivity contribution is -0.145. The van der Waals surface area contributed by atoms with Gasteiger partial charge in [-0.15, -0.1) is 6.42 Å². The molecule has 0 saturated carbocycles. The molecule has 0 spiro atoms. The van der Waals surface area contributed by atoms with Gasteiger partial charge in [0.25, 0.3) is 0 Å². The van der Waals surface area contributed by atoms with E-state index in [9.17, 15) is 0 Å². The van der Waals surface area contributed by atoms with Gasteiger partial charge in [-0.25, -0.2) is 0 Å². The molecule has 0 amide bonds. The zero-order valence-corrected chi connectivity index (χ0v) is 9.91. The van der Waals surface area contributed by atoms with Crippen LogP contribution in [0, 0.1) is 12.3 Å². The molecular formula is C9H13IO3. The smallest absolute Gasteiger partial charge is 0.163 e. The SMILES string of the molecule is C#CCOC(I)C1COC(C)(C)O1. The van der Waals surface area contributed by atoms with Gasteiger partial charge in [0.1, 0.15) is 16.8 Å². The van der Waals surface area contributed by atoms with Crippen LogP contribution in [0.3, 0.4) is 0 Å². The van der Waals surface area contributed by atoms with Gasteiger partial charge in [0.05, 0.1) is 6.61 Å². The fourth-order valence-corrected chi connectivity index (χ4v) is 1.61. The molecule has 0 aromatic heterocycles. The van der Waals surface area contributed by atoms with Gasteiger partial charge in [-0.2, -0.15) is 0 Å². The Morgan fingerprint density at radius 2 is 2.46 bits per heavy atom. The Balaban J connectivity index is 2.34. The highest BCUT2D eigenvalue weighted by atomic mass is 127. The van der Waals surface area contributed by atoms with Gasteiger partial charge in [0.15, 0.2) is 5.79 Å². The van der Waals surface area contributed by atoms with Crippen LogP contribution in [-0.2, 0) is 14.2 Å². The molecule has 1 aliphatic rings. The summed E-state index contributed by atoms with van der Waals surface area (Å²) in [6.07, 6.45) is 5.05. The van der Waals surface area contributed by atoms with Crippen LogP contribution < -0.4 is 0 Å². The second kappa shape index (κ2) is 4.60. The highest BCUT2D eigenvalue weighted by Gasteiger charge is 2.36. The summed E-state index contributed by atoms with van der Waals surface area (Å²) in [6.45, 7) is 4.65. The van der Waals surface area contributed by atoms with Gasteiger partial charge in [-0.3, -0.25) is 0 Å². The second-order valence-corrected chi connectivity index (χ2v) is 4.46. The average molecular weight is 296 g/mol. The average Bonchev–Trinajstić information content (AvgIpc) is 2.42. The Morgan fingerprint density at radius 1 is 1.77 bits per heavy atom. The first-order valence-corrected chi connectivity index (χ1v) is 5.30. The molecule has 1 saturated heterocycles. The predicted octanol–water partition coefficient (Wildman–Crippen LogP) is 1.55. The van der Waals surface area contributed by atoms with E-state index in [4.69, 9.17) is 20.6 Å². The summed E-state index contributed by atoms with van der Waals surface area (Å²) in [7, 11) is 0. The van der Waals surface area contributed by atoms with Crippen LogP contribution in [0.15, 0.2) is 0 Å². The molecular weight excluding hydrogens is 283 g/mol. The number of ether oxygens (including phenoxy) is 3. The minimum Gasteiger partial charge on any atom is -0.352 e. The molecule has 0 aromatic carbocycles. The Labute approximate surface area is 92.3 Å². The second-order valence-electron chi connectivity index (χ2n) is 3.23. The predicted molar refractivity (Wildman–Crippen MR) is 57.5 cm³/mol. The topological polar surface area (TPSA) is 27.7 Å². The van der Waals surface area contributed by atoms with E-state index in [1.807, 2.05) is 13.8 Å². The summed E-state index contributed by atoms with van der Waals surface area (Å²) in [4.78, 5) is 0. The Kier molecular flexibility index (Phi) is 3.98. The fourth-order valence-electron chi connectivity index (χ4n) is 1.08. The standard InChI is InChI=1S/C9H13IO3/c1-4-5-11-8(10)7-6-12-9(2,3)13-7/h1,7-8H,5-6H2,2-3H3. The van der Waals surface area contributed by atoms with Crippen LogP contribution in [0.4, 0.5) is 0 Å². The van der Waals surface area contributed by atoms with Crippen molar-refractivity contribution in [3.63, 3.8) is 0 Å². The van der Waals surface area contributed by atoms with E-state index in [2.05, 4.69) is 28.5 Å². The highest BCUT2D eigenvalue weighted by molar-refractivity contribution is 14.1. The molecule has 2 atom stereocenters. The van der Waals surface area contributed by atoms with Crippen LogP contribution in [0.5, 0.6) is 0 Å². The third-order valence-corrected chi connectivity index (χ3v) is 2.81. The molecule has 1 heterocycles. The van der Waals surface area contributed by atoms with Crippen LogP contribution in [0.1, 0.15) is 13.8 Å². The minimum atomic E-state index is -0.492. The summed E-state index contributed by atoms with van der Waals surface area (Å²) < 4.78 is 16.2. The van der Waals surface area contributed by atoms with Gasteiger partial charge < -0.3 is 14.2 Å². The summed E-state index contributed by atoms with van der Waals surface area (Å²) in [5.41, 5.74) is 0. The lowest BCUT2D eigenvalue weighted by Crippen LogP contribution is -2.28. The monoisotopic (exact) mass is 296 g/mol. The van der Waals surface area contributed by atoms with Gasteiger partial charge in [-0.05, 0) is 36.4 Å². The number of hydrogen-bond acceptors (Lipinski definition) is 3. The van der Waals surface area contributed by atoms with Crippen molar-refractivity contribution in [2.24, 2.45) is 0 Å². The van der Waals surface area contributed by atoms with E-state index >= 15 is 0 Å². The molecule has 0 N–H and O–H groups in total. The van der Waals surface area contributed by atoms with Crippen molar-refractivity contribution in [1.82, 2.24) is 0 Å². The Hall–Kier alpha value is 0.170. The molecule has 4 heteroatoms. The van der Waals surface area contributed by atoms with Crippen molar-refractivity contribution in [3.05, 3.63) is 0 Å². The maximum absolute atomic E-state index is 5.58. The van der Waals surface area contributed by atoms with Crippen molar-refractivity contribution in [1.29, 1.82) is 0 Å². The van der Waals surface area contributed by atoms with E-state index in [1.165, 1.54) is 0 Å². The lowest BCUT2D eigenvalue weighted by Gasteiger charge is -2.19. The first-order valence-electron chi connectivity index (χ1n) is 4.06. The Bertz CT molecular complexity index is 209. The third kappa shape index (κ3) is 3.43. The largest absolute Gasteiger partial charge is 0.352 e. The van der Waals surface area contributed by atoms with Crippen LogP contribution in [0.25, 0.3) is 0 Å². The molecule has 74 valence electrons. The van der Waals surface area contributed by atoms with Crippen molar-refractivity contribution < 1.29 is 14.2 Å². The van der Waals surface area contributed by atoms with E-state index in [1.54, 1.807) is 0 Å². The summed E-state index contributed by atoms with van der Waals surface area (Å²) in [5.74, 6) is 1.93. The number of rotatable bonds is 3. The number of hydrogen-bond donors (Lipinski definition) is 0.